The van der Waals surface area contributed by atoms with E-state index in [4.69, 9.17) is 5.11 Å². The van der Waals surface area contributed by atoms with Crippen LogP contribution in [0.5, 0.6) is 0 Å². The summed E-state index contributed by atoms with van der Waals surface area (Å²) >= 11 is 0. The van der Waals surface area contributed by atoms with Gasteiger partial charge in [-0.1, -0.05) is 30.3 Å². The van der Waals surface area contributed by atoms with E-state index in [0.29, 0.717) is 5.56 Å². The van der Waals surface area contributed by atoms with Gasteiger partial charge in [0.2, 0.25) is 10.0 Å². The number of rotatable bonds is 6. The predicted octanol–water partition coefficient (Wildman–Crippen LogP) is 1.20. The summed E-state index contributed by atoms with van der Waals surface area (Å²) in [5.41, 5.74) is 0.636. The standard InChI is InChI=1S/C11H13F2NO3S/c12-11(13,9-15)8-14-18(16,17)7-6-10-4-2-1-3-5-10/h1-7,14-15H,8-9H2/b7-6+. The van der Waals surface area contributed by atoms with Crippen LogP contribution in [-0.4, -0.2) is 32.6 Å². The molecule has 0 aromatic heterocycles. The zero-order chi connectivity index (χ0) is 13.6. The summed E-state index contributed by atoms with van der Waals surface area (Å²) in [6.45, 7) is -2.54. The Bertz CT molecular complexity index is 500. The second-order valence-corrected chi connectivity index (χ2v) is 5.24. The van der Waals surface area contributed by atoms with Gasteiger partial charge in [0.25, 0.3) is 5.92 Å². The molecule has 1 aromatic carbocycles. The Labute approximate surface area is 104 Å². The lowest BCUT2D eigenvalue weighted by atomic mass is 10.2. The van der Waals surface area contributed by atoms with Gasteiger partial charge in [0.15, 0.2) is 0 Å². The molecule has 4 nitrogen and oxygen atoms in total. The monoisotopic (exact) mass is 277 g/mol. The highest BCUT2D eigenvalue weighted by molar-refractivity contribution is 7.92. The minimum atomic E-state index is -3.94. The van der Waals surface area contributed by atoms with Gasteiger partial charge in [0, 0.05) is 5.41 Å². The van der Waals surface area contributed by atoms with Gasteiger partial charge in [-0.25, -0.2) is 21.9 Å². The maximum Gasteiger partial charge on any atom is 0.283 e. The van der Waals surface area contributed by atoms with E-state index in [-0.39, 0.29) is 0 Å². The maximum absolute atomic E-state index is 12.6. The van der Waals surface area contributed by atoms with Crippen molar-refractivity contribution in [3.63, 3.8) is 0 Å². The first-order valence-electron chi connectivity index (χ1n) is 5.06. The molecule has 0 radical (unpaired) electrons. The number of aliphatic hydroxyl groups excluding tert-OH is 1. The highest BCUT2D eigenvalue weighted by Gasteiger charge is 2.29. The quantitative estimate of drug-likeness (QED) is 0.821. The number of benzene rings is 1. The molecule has 7 heteroatoms. The summed E-state index contributed by atoms with van der Waals surface area (Å²) in [7, 11) is -3.94. The molecule has 100 valence electrons. The van der Waals surface area contributed by atoms with Crippen molar-refractivity contribution < 1.29 is 22.3 Å². The minimum absolute atomic E-state index is 0.636. The lowest BCUT2D eigenvalue weighted by Crippen LogP contribution is -2.38. The van der Waals surface area contributed by atoms with Crippen LogP contribution in [0.3, 0.4) is 0 Å². The molecule has 0 spiro atoms. The lowest BCUT2D eigenvalue weighted by Gasteiger charge is -2.12. The third-order valence-electron chi connectivity index (χ3n) is 2.00. The summed E-state index contributed by atoms with van der Waals surface area (Å²) in [5.74, 6) is -3.46. The molecule has 0 bridgehead atoms. The molecular formula is C11H13F2NO3S. The molecule has 0 heterocycles. The Hall–Kier alpha value is -1.31. The first-order valence-corrected chi connectivity index (χ1v) is 6.61. The van der Waals surface area contributed by atoms with Gasteiger partial charge in [-0.3, -0.25) is 0 Å². The van der Waals surface area contributed by atoms with Crippen LogP contribution in [0.1, 0.15) is 5.56 Å². The molecule has 0 amide bonds. The molecular weight excluding hydrogens is 264 g/mol. The van der Waals surface area contributed by atoms with Crippen LogP contribution < -0.4 is 4.72 Å². The highest BCUT2D eigenvalue weighted by atomic mass is 32.2. The summed E-state index contributed by atoms with van der Waals surface area (Å²) in [6.07, 6.45) is 1.29. The fraction of sp³-hybridized carbons (Fsp3) is 0.273. The highest BCUT2D eigenvalue weighted by Crippen LogP contribution is 2.11. The van der Waals surface area contributed by atoms with Crippen molar-refractivity contribution in [1.29, 1.82) is 0 Å². The SMILES string of the molecule is O=S(=O)(/C=C/c1ccccc1)NCC(F)(F)CO. The van der Waals surface area contributed by atoms with Crippen molar-refractivity contribution in [3.05, 3.63) is 41.3 Å². The van der Waals surface area contributed by atoms with Crippen molar-refractivity contribution in [2.45, 2.75) is 5.92 Å². The normalized spacial score (nSPS) is 13.1. The van der Waals surface area contributed by atoms with E-state index in [0.717, 1.165) is 5.41 Å². The number of nitrogens with one attached hydrogen (secondary N) is 1. The fourth-order valence-electron chi connectivity index (χ4n) is 1.04. The second kappa shape index (κ2) is 6.03. The summed E-state index contributed by atoms with van der Waals surface area (Å²) in [6, 6.07) is 8.56. The zero-order valence-electron chi connectivity index (χ0n) is 9.38. The van der Waals surface area contributed by atoms with E-state index in [1.165, 1.54) is 6.08 Å². The molecule has 0 fully saturated rings. The van der Waals surface area contributed by atoms with Gasteiger partial charge >= 0.3 is 0 Å². The largest absolute Gasteiger partial charge is 0.390 e. The number of hydrogen-bond donors (Lipinski definition) is 2. The van der Waals surface area contributed by atoms with Crippen molar-refractivity contribution >= 4 is 16.1 Å². The topological polar surface area (TPSA) is 66.4 Å². The molecule has 0 aliphatic heterocycles. The predicted molar refractivity (Wildman–Crippen MR) is 64.4 cm³/mol. The zero-order valence-corrected chi connectivity index (χ0v) is 10.2. The third kappa shape index (κ3) is 5.35. The molecule has 0 aliphatic carbocycles. The van der Waals surface area contributed by atoms with E-state index in [2.05, 4.69) is 0 Å². The fourth-order valence-corrected chi connectivity index (χ4v) is 1.89. The molecule has 1 rings (SSSR count). The number of hydrogen-bond acceptors (Lipinski definition) is 3. The molecule has 2 N–H and O–H groups in total. The average Bonchev–Trinajstić information content (AvgIpc) is 2.36. The van der Waals surface area contributed by atoms with E-state index >= 15 is 0 Å². The Morgan fingerprint density at radius 1 is 1.28 bits per heavy atom. The molecule has 0 saturated carbocycles. The molecule has 1 aromatic rings. The lowest BCUT2D eigenvalue weighted by molar-refractivity contribution is -0.0436. The Morgan fingerprint density at radius 3 is 2.44 bits per heavy atom. The Morgan fingerprint density at radius 2 is 1.89 bits per heavy atom. The third-order valence-corrected chi connectivity index (χ3v) is 3.04. The molecule has 0 saturated heterocycles. The van der Waals surface area contributed by atoms with Crippen LogP contribution in [-0.2, 0) is 10.0 Å². The van der Waals surface area contributed by atoms with Crippen molar-refractivity contribution in [2.75, 3.05) is 13.2 Å². The van der Waals surface area contributed by atoms with E-state index in [1.807, 2.05) is 0 Å². The van der Waals surface area contributed by atoms with Gasteiger partial charge in [-0.15, -0.1) is 0 Å². The maximum atomic E-state index is 12.6. The van der Waals surface area contributed by atoms with Gasteiger partial charge in [-0.2, -0.15) is 0 Å². The van der Waals surface area contributed by atoms with Gasteiger partial charge in [0.1, 0.15) is 6.61 Å². The minimum Gasteiger partial charge on any atom is -0.390 e. The summed E-state index contributed by atoms with van der Waals surface area (Å²) in [5, 5.41) is 9.10. The van der Waals surface area contributed by atoms with E-state index in [1.54, 1.807) is 35.1 Å². The van der Waals surface area contributed by atoms with E-state index in [9.17, 15) is 17.2 Å². The van der Waals surface area contributed by atoms with Crippen LogP contribution in [0.25, 0.3) is 6.08 Å². The molecule has 0 aliphatic rings. The van der Waals surface area contributed by atoms with Gasteiger partial charge < -0.3 is 5.11 Å². The number of sulfonamides is 1. The smallest absolute Gasteiger partial charge is 0.283 e. The number of halogens is 2. The summed E-state index contributed by atoms with van der Waals surface area (Å²) in [4.78, 5) is 0. The van der Waals surface area contributed by atoms with Gasteiger partial charge in [0.05, 0.1) is 6.54 Å². The number of aliphatic hydroxyl groups is 1. The van der Waals surface area contributed by atoms with Crippen LogP contribution in [0.4, 0.5) is 8.78 Å². The molecule has 18 heavy (non-hydrogen) atoms. The van der Waals surface area contributed by atoms with Crippen molar-refractivity contribution in [1.82, 2.24) is 4.72 Å². The molecule has 0 atom stereocenters. The summed E-state index contributed by atoms with van der Waals surface area (Å²) < 4.78 is 49.7. The van der Waals surface area contributed by atoms with Crippen LogP contribution in [0.15, 0.2) is 35.7 Å². The Kier molecular flexibility index (Phi) is 4.94. The Balaban J connectivity index is 2.63. The molecule has 0 unspecified atom stereocenters. The second-order valence-electron chi connectivity index (χ2n) is 3.59. The first kappa shape index (κ1) is 14.7. The van der Waals surface area contributed by atoms with Crippen LogP contribution >= 0.6 is 0 Å². The van der Waals surface area contributed by atoms with Gasteiger partial charge in [-0.05, 0) is 11.6 Å². The first-order chi connectivity index (χ1) is 8.35. The average molecular weight is 277 g/mol. The van der Waals surface area contributed by atoms with Crippen molar-refractivity contribution in [2.24, 2.45) is 0 Å². The number of alkyl halides is 2. The van der Waals surface area contributed by atoms with Crippen LogP contribution in [0.2, 0.25) is 0 Å². The van der Waals surface area contributed by atoms with E-state index < -0.39 is 29.1 Å². The van der Waals surface area contributed by atoms with Crippen molar-refractivity contribution in [3.8, 4) is 0 Å². The van der Waals surface area contributed by atoms with Crippen LogP contribution in [0, 0.1) is 0 Å².